The summed E-state index contributed by atoms with van der Waals surface area (Å²) >= 11 is 6.00. The Morgan fingerprint density at radius 2 is 1.67 bits per heavy atom. The van der Waals surface area contributed by atoms with Crippen LogP contribution in [0.25, 0.3) is 0 Å². The summed E-state index contributed by atoms with van der Waals surface area (Å²) < 4.78 is 39.1. The van der Waals surface area contributed by atoms with Crippen LogP contribution in [0.4, 0.5) is 10.1 Å². The minimum absolute atomic E-state index is 0.0412. The van der Waals surface area contributed by atoms with Crippen molar-refractivity contribution in [2.24, 2.45) is 0 Å². The third kappa shape index (κ3) is 9.09. The maximum absolute atomic E-state index is 13.4. The predicted molar refractivity (Wildman–Crippen MR) is 142 cm³/mol. The van der Waals surface area contributed by atoms with Crippen LogP contribution in [-0.2, 0) is 26.2 Å². The lowest BCUT2D eigenvalue weighted by atomic mass is 10.1. The molecule has 0 heterocycles. The quantitative estimate of drug-likeness (QED) is 0.351. The van der Waals surface area contributed by atoms with Crippen LogP contribution in [0.5, 0.6) is 0 Å². The Morgan fingerprint density at radius 1 is 1.03 bits per heavy atom. The van der Waals surface area contributed by atoms with Crippen LogP contribution in [0.2, 0.25) is 5.02 Å². The molecule has 1 atom stereocenters. The number of carbonyl (C=O) groups is 2. The molecule has 7 nitrogen and oxygen atoms in total. The zero-order chi connectivity index (χ0) is 26.7. The Morgan fingerprint density at radius 3 is 2.22 bits per heavy atom. The first kappa shape index (κ1) is 29.6. The van der Waals surface area contributed by atoms with Crippen molar-refractivity contribution in [1.29, 1.82) is 0 Å². The van der Waals surface area contributed by atoms with Gasteiger partial charge in [-0.15, -0.1) is 0 Å². The summed E-state index contributed by atoms with van der Waals surface area (Å²) in [5, 5.41) is 3.48. The number of nitrogens with zero attached hydrogens (tertiary/aromatic N) is 2. The van der Waals surface area contributed by atoms with Gasteiger partial charge in [0.2, 0.25) is 21.8 Å². The highest BCUT2D eigenvalue weighted by molar-refractivity contribution is 7.92. The first-order chi connectivity index (χ1) is 17.1. The minimum atomic E-state index is -3.64. The van der Waals surface area contributed by atoms with Gasteiger partial charge in [-0.25, -0.2) is 12.8 Å². The molecular weight excluding hydrogens is 505 g/mol. The van der Waals surface area contributed by atoms with E-state index in [1.54, 1.807) is 17.0 Å². The van der Waals surface area contributed by atoms with Crippen LogP contribution in [0.3, 0.4) is 0 Å². The fourth-order valence-electron chi connectivity index (χ4n) is 3.82. The number of halogens is 2. The van der Waals surface area contributed by atoms with Crippen LogP contribution in [0, 0.1) is 5.82 Å². The molecule has 0 aromatic heterocycles. The van der Waals surface area contributed by atoms with Gasteiger partial charge in [0.15, 0.2) is 0 Å². The van der Waals surface area contributed by atoms with Crippen molar-refractivity contribution in [1.82, 2.24) is 10.2 Å². The zero-order valence-electron chi connectivity index (χ0n) is 21.0. The lowest BCUT2D eigenvalue weighted by molar-refractivity contribution is -0.141. The van der Waals surface area contributed by atoms with E-state index in [0.717, 1.165) is 29.0 Å². The largest absolute Gasteiger partial charge is 0.354 e. The minimum Gasteiger partial charge on any atom is -0.354 e. The molecule has 2 amide bonds. The monoisotopic (exact) mass is 539 g/mol. The molecule has 0 aliphatic carbocycles. The van der Waals surface area contributed by atoms with Crippen molar-refractivity contribution in [3.63, 3.8) is 0 Å². The Labute approximate surface area is 218 Å². The van der Waals surface area contributed by atoms with Gasteiger partial charge in [-0.3, -0.25) is 13.9 Å². The summed E-state index contributed by atoms with van der Waals surface area (Å²) in [5.74, 6) is -0.935. The van der Waals surface area contributed by atoms with Gasteiger partial charge in [-0.05, 0) is 61.2 Å². The summed E-state index contributed by atoms with van der Waals surface area (Å²) in [6.07, 6.45) is 3.56. The highest BCUT2D eigenvalue weighted by atomic mass is 35.5. The van der Waals surface area contributed by atoms with Gasteiger partial charge in [-0.2, -0.15) is 0 Å². The Bertz CT molecular complexity index is 1100. The number of sulfonamides is 1. The second-order valence-corrected chi connectivity index (χ2v) is 11.0. The average molecular weight is 540 g/mol. The van der Waals surface area contributed by atoms with E-state index in [1.165, 1.54) is 24.3 Å². The maximum atomic E-state index is 13.4. The van der Waals surface area contributed by atoms with E-state index in [-0.39, 0.29) is 37.7 Å². The number of nitrogens with one attached hydrogen (secondary N) is 1. The van der Waals surface area contributed by atoms with Crippen LogP contribution in [0.15, 0.2) is 48.5 Å². The second kappa shape index (κ2) is 14.2. The van der Waals surface area contributed by atoms with E-state index in [9.17, 15) is 22.4 Å². The van der Waals surface area contributed by atoms with E-state index < -0.39 is 21.9 Å². The van der Waals surface area contributed by atoms with E-state index in [2.05, 4.69) is 5.32 Å². The number of benzene rings is 2. The lowest BCUT2D eigenvalue weighted by Gasteiger charge is -2.31. The molecule has 0 spiro atoms. The van der Waals surface area contributed by atoms with Gasteiger partial charge >= 0.3 is 0 Å². The van der Waals surface area contributed by atoms with E-state index >= 15 is 0 Å². The number of anilines is 1. The SMILES string of the molecule is CCCCNC(=O)[C@H](CC)N(Cc1ccc(Cl)cc1)C(=O)CCCN(c1ccc(F)cc1)S(C)(=O)=O. The van der Waals surface area contributed by atoms with E-state index in [1.807, 2.05) is 26.0 Å². The lowest BCUT2D eigenvalue weighted by Crippen LogP contribution is -2.49. The number of rotatable bonds is 14. The molecule has 2 aromatic carbocycles. The summed E-state index contributed by atoms with van der Waals surface area (Å²) in [6.45, 7) is 4.70. The molecule has 1 N–H and O–H groups in total. The smallest absolute Gasteiger partial charge is 0.242 e. The Balaban J connectivity index is 2.18. The second-order valence-electron chi connectivity index (χ2n) is 8.63. The summed E-state index contributed by atoms with van der Waals surface area (Å²) in [5.41, 5.74) is 1.16. The number of carbonyl (C=O) groups excluding carboxylic acids is 2. The van der Waals surface area contributed by atoms with Crippen molar-refractivity contribution in [3.05, 3.63) is 64.9 Å². The van der Waals surface area contributed by atoms with Crippen molar-refractivity contribution in [3.8, 4) is 0 Å². The molecule has 0 unspecified atom stereocenters. The molecule has 2 aromatic rings. The number of amides is 2. The van der Waals surface area contributed by atoms with Crippen LogP contribution < -0.4 is 9.62 Å². The standard InChI is InChI=1S/C26H35ClFN3O4S/c1-4-6-17-29-26(33)24(5-2)30(19-20-9-11-21(27)12-10-20)25(32)8-7-18-31(36(3,34)35)23-15-13-22(28)14-16-23/h9-16,24H,4-8,17-19H2,1-3H3,(H,29,33)/t24-/m0/s1. The molecular formula is C26H35ClFN3O4S. The third-order valence-corrected chi connectivity index (χ3v) is 7.19. The molecule has 2 rings (SSSR count). The van der Waals surface area contributed by atoms with Crippen molar-refractivity contribution >= 4 is 39.1 Å². The van der Waals surface area contributed by atoms with Crippen LogP contribution in [0.1, 0.15) is 51.5 Å². The van der Waals surface area contributed by atoms with Crippen molar-refractivity contribution < 1.29 is 22.4 Å². The molecule has 0 aliphatic heterocycles. The Kier molecular flexibility index (Phi) is 11.7. The number of unbranched alkanes of at least 4 members (excludes halogenated alkanes) is 1. The van der Waals surface area contributed by atoms with Gasteiger partial charge < -0.3 is 10.2 Å². The topological polar surface area (TPSA) is 86.8 Å². The highest BCUT2D eigenvalue weighted by Gasteiger charge is 2.28. The van der Waals surface area contributed by atoms with Crippen LogP contribution in [-0.4, -0.2) is 50.5 Å². The molecule has 0 bridgehead atoms. The summed E-state index contributed by atoms with van der Waals surface area (Å²) in [4.78, 5) is 27.8. The molecule has 36 heavy (non-hydrogen) atoms. The van der Waals surface area contributed by atoms with Gasteiger partial charge in [0.25, 0.3) is 0 Å². The van der Waals surface area contributed by atoms with E-state index in [0.29, 0.717) is 23.7 Å². The molecule has 0 radical (unpaired) electrons. The maximum Gasteiger partial charge on any atom is 0.242 e. The van der Waals surface area contributed by atoms with E-state index in [4.69, 9.17) is 11.6 Å². The van der Waals surface area contributed by atoms with Crippen molar-refractivity contribution in [2.75, 3.05) is 23.7 Å². The van der Waals surface area contributed by atoms with Gasteiger partial charge in [0, 0.05) is 31.1 Å². The first-order valence-corrected chi connectivity index (χ1v) is 14.3. The molecule has 0 fully saturated rings. The first-order valence-electron chi connectivity index (χ1n) is 12.1. The number of hydrogen-bond acceptors (Lipinski definition) is 4. The summed E-state index contributed by atoms with van der Waals surface area (Å²) in [7, 11) is -3.64. The normalized spacial score (nSPS) is 12.1. The van der Waals surface area contributed by atoms with Crippen LogP contribution >= 0.6 is 11.6 Å². The van der Waals surface area contributed by atoms with Crippen molar-refractivity contribution in [2.45, 2.75) is 58.5 Å². The highest BCUT2D eigenvalue weighted by Crippen LogP contribution is 2.20. The fourth-order valence-corrected chi connectivity index (χ4v) is 4.91. The molecule has 198 valence electrons. The number of hydrogen-bond donors (Lipinski definition) is 1. The third-order valence-electron chi connectivity index (χ3n) is 5.75. The predicted octanol–water partition coefficient (Wildman–Crippen LogP) is 4.75. The summed E-state index contributed by atoms with van der Waals surface area (Å²) in [6, 6.07) is 11.6. The average Bonchev–Trinajstić information content (AvgIpc) is 2.83. The van der Waals surface area contributed by atoms with Gasteiger partial charge in [0.1, 0.15) is 11.9 Å². The van der Waals surface area contributed by atoms with Gasteiger partial charge in [-0.1, -0.05) is 44.0 Å². The zero-order valence-corrected chi connectivity index (χ0v) is 22.6. The molecule has 0 saturated heterocycles. The fraction of sp³-hybridized carbons (Fsp3) is 0.462. The molecule has 0 aliphatic rings. The van der Waals surface area contributed by atoms with Gasteiger partial charge in [0.05, 0.1) is 11.9 Å². The molecule has 10 heteroatoms. The molecule has 0 saturated carbocycles. The Hall–Kier alpha value is -2.65.